The molecule has 25 heavy (non-hydrogen) atoms. The summed E-state index contributed by atoms with van der Waals surface area (Å²) in [5.74, 6) is 0.539. The Morgan fingerprint density at radius 1 is 1.20 bits per heavy atom. The Hall–Kier alpha value is -2.82. The molecule has 5 heteroatoms. The lowest BCUT2D eigenvalue weighted by molar-refractivity contribution is -0.129. The van der Waals surface area contributed by atoms with Gasteiger partial charge >= 0.3 is 6.09 Å². The molecule has 0 aliphatic carbocycles. The van der Waals surface area contributed by atoms with Gasteiger partial charge < -0.3 is 9.47 Å². The van der Waals surface area contributed by atoms with E-state index in [1.165, 1.54) is 4.90 Å². The Bertz CT molecular complexity index is 742. The zero-order chi connectivity index (χ0) is 17.8. The molecule has 0 radical (unpaired) electrons. The monoisotopic (exact) mass is 339 g/mol. The highest BCUT2D eigenvalue weighted by Gasteiger charge is 2.39. The number of carbonyl (C=O) groups is 2. The lowest BCUT2D eigenvalue weighted by Crippen LogP contribution is -2.34. The molecule has 1 fully saturated rings. The summed E-state index contributed by atoms with van der Waals surface area (Å²) in [6.07, 6.45) is -0.328. The van der Waals surface area contributed by atoms with Crippen molar-refractivity contribution in [2.75, 3.05) is 13.7 Å². The van der Waals surface area contributed by atoms with Gasteiger partial charge in [-0.25, -0.2) is 9.69 Å². The highest BCUT2D eigenvalue weighted by molar-refractivity contribution is 5.94. The summed E-state index contributed by atoms with van der Waals surface area (Å²) in [5.41, 5.74) is 1.93. The molecule has 1 aliphatic heterocycles. The Morgan fingerprint density at radius 3 is 2.52 bits per heavy atom. The SMILES string of the molecule is COc1ccc(C(C)CC(=O)N2C(=O)OCC2c2ccccc2)cc1. The third-order valence-corrected chi connectivity index (χ3v) is 4.49. The molecule has 2 atom stereocenters. The maximum absolute atomic E-state index is 12.7. The molecule has 0 N–H and O–H groups in total. The van der Waals surface area contributed by atoms with Crippen molar-refractivity contribution in [3.05, 3.63) is 65.7 Å². The van der Waals surface area contributed by atoms with Crippen LogP contribution >= 0.6 is 0 Å². The van der Waals surface area contributed by atoms with Gasteiger partial charge in [-0.15, -0.1) is 0 Å². The second-order valence-electron chi connectivity index (χ2n) is 6.15. The predicted octanol–water partition coefficient (Wildman–Crippen LogP) is 3.91. The predicted molar refractivity (Wildman–Crippen MR) is 93.4 cm³/mol. The lowest BCUT2D eigenvalue weighted by atomic mass is 9.96. The zero-order valence-electron chi connectivity index (χ0n) is 14.3. The molecular weight excluding hydrogens is 318 g/mol. The quantitative estimate of drug-likeness (QED) is 0.829. The largest absolute Gasteiger partial charge is 0.497 e. The molecule has 1 saturated heterocycles. The first-order valence-corrected chi connectivity index (χ1v) is 8.28. The number of ether oxygens (including phenoxy) is 2. The van der Waals surface area contributed by atoms with Gasteiger partial charge in [-0.2, -0.15) is 0 Å². The van der Waals surface area contributed by atoms with E-state index in [4.69, 9.17) is 9.47 Å². The topological polar surface area (TPSA) is 55.8 Å². The van der Waals surface area contributed by atoms with Crippen LogP contribution in [0.2, 0.25) is 0 Å². The van der Waals surface area contributed by atoms with Crippen LogP contribution < -0.4 is 4.74 Å². The van der Waals surface area contributed by atoms with E-state index in [9.17, 15) is 9.59 Å². The van der Waals surface area contributed by atoms with Crippen molar-refractivity contribution in [2.45, 2.75) is 25.3 Å². The number of cyclic esters (lactones) is 1. The van der Waals surface area contributed by atoms with Crippen molar-refractivity contribution in [1.82, 2.24) is 4.90 Å². The van der Waals surface area contributed by atoms with Crippen LogP contribution in [0.1, 0.15) is 36.4 Å². The van der Waals surface area contributed by atoms with Gasteiger partial charge in [0, 0.05) is 6.42 Å². The molecule has 1 aliphatic rings. The number of nitrogens with zero attached hydrogens (tertiary/aromatic N) is 1. The molecule has 5 nitrogen and oxygen atoms in total. The molecule has 2 unspecified atom stereocenters. The number of hydrogen-bond donors (Lipinski definition) is 0. The molecule has 0 aromatic heterocycles. The summed E-state index contributed by atoms with van der Waals surface area (Å²) in [4.78, 5) is 26.1. The van der Waals surface area contributed by atoms with Crippen molar-refractivity contribution in [1.29, 1.82) is 0 Å². The van der Waals surface area contributed by atoms with E-state index in [0.717, 1.165) is 16.9 Å². The fourth-order valence-electron chi connectivity index (χ4n) is 3.03. The Labute approximate surface area is 147 Å². The second-order valence-corrected chi connectivity index (χ2v) is 6.15. The summed E-state index contributed by atoms with van der Waals surface area (Å²) in [7, 11) is 1.62. The first-order valence-electron chi connectivity index (χ1n) is 8.28. The van der Waals surface area contributed by atoms with Crippen molar-refractivity contribution < 1.29 is 19.1 Å². The fourth-order valence-corrected chi connectivity index (χ4v) is 3.03. The Kier molecular flexibility index (Phi) is 5.03. The van der Waals surface area contributed by atoms with Gasteiger partial charge in [0.05, 0.1) is 7.11 Å². The van der Waals surface area contributed by atoms with Crippen LogP contribution in [0.25, 0.3) is 0 Å². The van der Waals surface area contributed by atoms with Crippen molar-refractivity contribution >= 4 is 12.0 Å². The summed E-state index contributed by atoms with van der Waals surface area (Å²) < 4.78 is 10.3. The summed E-state index contributed by atoms with van der Waals surface area (Å²) in [5, 5.41) is 0. The average Bonchev–Trinajstić information content (AvgIpc) is 3.04. The van der Waals surface area contributed by atoms with Gasteiger partial charge in [-0.1, -0.05) is 49.4 Å². The number of benzene rings is 2. The fraction of sp³-hybridized carbons (Fsp3) is 0.300. The van der Waals surface area contributed by atoms with E-state index in [-0.39, 0.29) is 30.9 Å². The van der Waals surface area contributed by atoms with Gasteiger partial charge in [0.1, 0.15) is 18.4 Å². The van der Waals surface area contributed by atoms with Gasteiger partial charge in [0.15, 0.2) is 0 Å². The van der Waals surface area contributed by atoms with Gasteiger partial charge in [-0.3, -0.25) is 4.79 Å². The number of rotatable bonds is 5. The molecule has 0 saturated carbocycles. The number of hydrogen-bond acceptors (Lipinski definition) is 4. The van der Waals surface area contributed by atoms with Crippen LogP contribution in [0.3, 0.4) is 0 Å². The molecule has 0 bridgehead atoms. The highest BCUT2D eigenvalue weighted by Crippen LogP contribution is 2.30. The van der Waals surface area contributed by atoms with E-state index in [0.29, 0.717) is 0 Å². The van der Waals surface area contributed by atoms with Crippen molar-refractivity contribution in [3.63, 3.8) is 0 Å². The van der Waals surface area contributed by atoms with Crippen LogP contribution in [0.4, 0.5) is 4.79 Å². The highest BCUT2D eigenvalue weighted by atomic mass is 16.6. The number of carbonyl (C=O) groups excluding carboxylic acids is 2. The molecule has 2 aromatic rings. The Balaban J connectivity index is 1.73. The van der Waals surface area contributed by atoms with Crippen molar-refractivity contribution in [2.24, 2.45) is 0 Å². The summed E-state index contributed by atoms with van der Waals surface area (Å²) in [6.45, 7) is 2.17. The lowest BCUT2D eigenvalue weighted by Gasteiger charge is -2.22. The minimum absolute atomic E-state index is 0.0109. The number of imide groups is 1. The molecule has 2 aromatic carbocycles. The van der Waals surface area contributed by atoms with E-state index in [2.05, 4.69) is 0 Å². The van der Waals surface area contributed by atoms with E-state index < -0.39 is 6.09 Å². The standard InChI is InChI=1S/C20H21NO4/c1-14(15-8-10-17(24-2)11-9-15)12-19(22)21-18(13-25-20(21)23)16-6-4-3-5-7-16/h3-11,14,18H,12-13H2,1-2H3. The maximum Gasteiger partial charge on any atom is 0.417 e. The van der Waals surface area contributed by atoms with Crippen LogP contribution in [-0.2, 0) is 9.53 Å². The zero-order valence-corrected chi connectivity index (χ0v) is 14.3. The molecule has 0 spiro atoms. The van der Waals surface area contributed by atoms with E-state index >= 15 is 0 Å². The third-order valence-electron chi connectivity index (χ3n) is 4.49. The first-order chi connectivity index (χ1) is 12.1. The van der Waals surface area contributed by atoms with Crippen LogP contribution in [-0.4, -0.2) is 30.6 Å². The molecule has 2 amide bonds. The van der Waals surface area contributed by atoms with Gasteiger partial charge in [-0.05, 0) is 29.2 Å². The van der Waals surface area contributed by atoms with E-state index in [1.807, 2.05) is 61.5 Å². The van der Waals surface area contributed by atoms with Crippen LogP contribution in [0.5, 0.6) is 5.75 Å². The molecule has 3 rings (SSSR count). The van der Waals surface area contributed by atoms with Crippen molar-refractivity contribution in [3.8, 4) is 5.75 Å². The minimum atomic E-state index is -0.569. The number of methoxy groups -OCH3 is 1. The Morgan fingerprint density at radius 2 is 1.88 bits per heavy atom. The van der Waals surface area contributed by atoms with Crippen LogP contribution in [0.15, 0.2) is 54.6 Å². The maximum atomic E-state index is 12.7. The molecule has 1 heterocycles. The second kappa shape index (κ2) is 7.38. The smallest absolute Gasteiger partial charge is 0.417 e. The summed E-state index contributed by atoms with van der Waals surface area (Å²) in [6, 6.07) is 16.7. The summed E-state index contributed by atoms with van der Waals surface area (Å²) >= 11 is 0. The first kappa shape index (κ1) is 17.0. The average molecular weight is 339 g/mol. The normalized spacial score (nSPS) is 17.9. The number of amides is 2. The van der Waals surface area contributed by atoms with Gasteiger partial charge in [0.25, 0.3) is 0 Å². The molecular formula is C20H21NO4. The third kappa shape index (κ3) is 3.65. The molecule has 130 valence electrons. The van der Waals surface area contributed by atoms with Gasteiger partial charge in [0.2, 0.25) is 5.91 Å². The minimum Gasteiger partial charge on any atom is -0.497 e. The van der Waals surface area contributed by atoms with Crippen LogP contribution in [0, 0.1) is 0 Å². The van der Waals surface area contributed by atoms with E-state index in [1.54, 1.807) is 7.11 Å².